The first kappa shape index (κ1) is 28.8. The topological polar surface area (TPSA) is 105 Å². The van der Waals surface area contributed by atoms with Gasteiger partial charge in [0.05, 0.1) is 9.85 Å². The minimum Gasteiger partial charge on any atom is -0.457 e. The largest absolute Gasteiger partial charge is 0.457 e. The Bertz CT molecular complexity index is 1570. The molecule has 0 saturated heterocycles. The second-order valence-corrected chi connectivity index (χ2v) is 11.8. The van der Waals surface area contributed by atoms with Crippen LogP contribution in [0.2, 0.25) is 0 Å². The maximum atomic E-state index is 11.0. The van der Waals surface area contributed by atoms with E-state index in [1.54, 1.807) is 24.3 Å². The molecule has 4 aromatic carbocycles. The standard InChI is InChI=1S/C34H34N2O6/c1-33(2,29-8-4-6-10-31(29)41-27-16-12-25(13-17-27)35(37)38)24-20-22-34(3,23-21-24)30-9-5-7-11-32(30)42-28-18-14-26(15-19-28)36(39)40/h4-19,24H,20-23H2,1-3H3. The zero-order valence-corrected chi connectivity index (χ0v) is 24.0. The monoisotopic (exact) mass is 566 g/mol. The van der Waals surface area contributed by atoms with Crippen LogP contribution in [0.5, 0.6) is 23.0 Å². The SMILES string of the molecule is CC1(c2ccccc2Oc2ccc([N+](=O)[O-])cc2)CCC(C(C)(C)c2ccccc2Oc2ccc([N+](=O)[O-])cc2)CC1. The van der Waals surface area contributed by atoms with E-state index < -0.39 is 9.85 Å². The number of nitro benzene ring substituents is 2. The Morgan fingerprint density at radius 1 is 0.690 bits per heavy atom. The fourth-order valence-corrected chi connectivity index (χ4v) is 6.13. The summed E-state index contributed by atoms with van der Waals surface area (Å²) in [5, 5.41) is 22.1. The molecule has 0 N–H and O–H groups in total. The summed E-state index contributed by atoms with van der Waals surface area (Å²) in [6, 6.07) is 28.4. The van der Waals surface area contributed by atoms with Gasteiger partial charge in [-0.3, -0.25) is 20.2 Å². The maximum Gasteiger partial charge on any atom is 0.269 e. The Labute approximate surface area is 245 Å². The molecule has 1 aliphatic carbocycles. The van der Waals surface area contributed by atoms with E-state index in [0.717, 1.165) is 48.3 Å². The normalized spacial score (nSPS) is 18.7. The average Bonchev–Trinajstić information content (AvgIpc) is 2.98. The molecular weight excluding hydrogens is 532 g/mol. The second kappa shape index (κ2) is 11.6. The van der Waals surface area contributed by atoms with E-state index in [4.69, 9.17) is 9.47 Å². The molecule has 0 radical (unpaired) electrons. The lowest BCUT2D eigenvalue weighted by molar-refractivity contribution is -0.385. The quantitative estimate of drug-likeness (QED) is 0.148. The van der Waals surface area contributed by atoms with Gasteiger partial charge in [-0.25, -0.2) is 0 Å². The lowest BCUT2D eigenvalue weighted by Crippen LogP contribution is -2.37. The first-order valence-electron chi connectivity index (χ1n) is 14.1. The van der Waals surface area contributed by atoms with E-state index in [1.165, 1.54) is 24.3 Å². The molecule has 1 aliphatic rings. The van der Waals surface area contributed by atoms with Gasteiger partial charge < -0.3 is 9.47 Å². The van der Waals surface area contributed by atoms with Crippen molar-refractivity contribution in [1.82, 2.24) is 0 Å². The lowest BCUT2D eigenvalue weighted by atomic mass is 9.60. The Balaban J connectivity index is 1.32. The van der Waals surface area contributed by atoms with E-state index in [0.29, 0.717) is 17.4 Å². The molecule has 0 bridgehead atoms. The predicted octanol–water partition coefficient (Wildman–Crippen LogP) is 9.51. The third kappa shape index (κ3) is 5.98. The molecule has 0 amide bonds. The highest BCUT2D eigenvalue weighted by molar-refractivity contribution is 5.46. The Morgan fingerprint density at radius 2 is 1.14 bits per heavy atom. The van der Waals surface area contributed by atoms with Gasteiger partial charge in [-0.15, -0.1) is 0 Å². The van der Waals surface area contributed by atoms with Gasteiger partial charge in [0.15, 0.2) is 0 Å². The molecule has 0 aliphatic heterocycles. The summed E-state index contributed by atoms with van der Waals surface area (Å²) in [6.07, 6.45) is 3.99. The number of para-hydroxylation sites is 2. The number of non-ortho nitro benzene ring substituents is 2. The highest BCUT2D eigenvalue weighted by Crippen LogP contribution is 2.51. The number of ether oxygens (including phenoxy) is 2. The van der Waals surface area contributed by atoms with Crippen molar-refractivity contribution < 1.29 is 19.3 Å². The third-order valence-electron chi connectivity index (χ3n) is 8.78. The van der Waals surface area contributed by atoms with Crippen molar-refractivity contribution in [3.8, 4) is 23.0 Å². The van der Waals surface area contributed by atoms with Crippen LogP contribution in [-0.4, -0.2) is 9.85 Å². The third-order valence-corrected chi connectivity index (χ3v) is 8.78. The first-order valence-corrected chi connectivity index (χ1v) is 14.1. The highest BCUT2D eigenvalue weighted by Gasteiger charge is 2.41. The summed E-state index contributed by atoms with van der Waals surface area (Å²) in [6.45, 7) is 6.83. The van der Waals surface area contributed by atoms with Crippen molar-refractivity contribution in [2.24, 2.45) is 5.92 Å². The van der Waals surface area contributed by atoms with Crippen LogP contribution in [0, 0.1) is 26.1 Å². The molecule has 1 saturated carbocycles. The zero-order chi connectivity index (χ0) is 29.9. The van der Waals surface area contributed by atoms with Crippen molar-refractivity contribution in [2.75, 3.05) is 0 Å². The Kier molecular flexibility index (Phi) is 7.98. The van der Waals surface area contributed by atoms with Gasteiger partial charge in [0.2, 0.25) is 0 Å². The number of benzene rings is 4. The average molecular weight is 567 g/mol. The lowest BCUT2D eigenvalue weighted by Gasteiger charge is -2.44. The van der Waals surface area contributed by atoms with Gasteiger partial charge >= 0.3 is 0 Å². The van der Waals surface area contributed by atoms with Crippen LogP contribution in [0.4, 0.5) is 11.4 Å². The highest BCUT2D eigenvalue weighted by atomic mass is 16.6. The summed E-state index contributed by atoms with van der Waals surface area (Å²) in [5.41, 5.74) is 2.05. The number of rotatable bonds is 9. The van der Waals surface area contributed by atoms with Crippen molar-refractivity contribution in [2.45, 2.75) is 57.3 Å². The summed E-state index contributed by atoms with van der Waals surface area (Å²) in [4.78, 5) is 21.2. The van der Waals surface area contributed by atoms with Gasteiger partial charge in [-0.1, -0.05) is 57.2 Å². The van der Waals surface area contributed by atoms with Crippen LogP contribution >= 0.6 is 0 Å². The minimum absolute atomic E-state index is 0.0286. The summed E-state index contributed by atoms with van der Waals surface area (Å²) in [7, 11) is 0. The molecule has 216 valence electrons. The number of hydrogen-bond acceptors (Lipinski definition) is 6. The van der Waals surface area contributed by atoms with E-state index in [9.17, 15) is 20.2 Å². The van der Waals surface area contributed by atoms with Crippen LogP contribution in [0.3, 0.4) is 0 Å². The van der Waals surface area contributed by atoms with Gasteiger partial charge in [0.25, 0.3) is 11.4 Å². The summed E-state index contributed by atoms with van der Waals surface area (Å²) < 4.78 is 12.5. The molecule has 0 atom stereocenters. The van der Waals surface area contributed by atoms with E-state index in [1.807, 2.05) is 36.4 Å². The molecule has 0 aromatic heterocycles. The number of nitro groups is 2. The van der Waals surface area contributed by atoms with E-state index in [-0.39, 0.29) is 22.2 Å². The summed E-state index contributed by atoms with van der Waals surface area (Å²) >= 11 is 0. The van der Waals surface area contributed by atoms with Gasteiger partial charge in [0, 0.05) is 35.4 Å². The van der Waals surface area contributed by atoms with Crippen molar-refractivity contribution in [3.63, 3.8) is 0 Å². The summed E-state index contributed by atoms with van der Waals surface area (Å²) in [5.74, 6) is 3.07. The molecule has 4 aromatic rings. The van der Waals surface area contributed by atoms with Crippen LogP contribution in [0.25, 0.3) is 0 Å². The van der Waals surface area contributed by atoms with Crippen LogP contribution in [0.1, 0.15) is 57.6 Å². The van der Waals surface area contributed by atoms with Crippen LogP contribution in [-0.2, 0) is 10.8 Å². The van der Waals surface area contributed by atoms with Gasteiger partial charge in [0.1, 0.15) is 23.0 Å². The molecule has 0 unspecified atom stereocenters. The second-order valence-electron chi connectivity index (χ2n) is 11.8. The predicted molar refractivity (Wildman–Crippen MR) is 162 cm³/mol. The van der Waals surface area contributed by atoms with Crippen molar-refractivity contribution >= 4 is 11.4 Å². The first-order chi connectivity index (χ1) is 20.1. The van der Waals surface area contributed by atoms with Crippen LogP contribution < -0.4 is 9.47 Å². The Morgan fingerprint density at radius 3 is 1.67 bits per heavy atom. The maximum absolute atomic E-state index is 11.0. The smallest absolute Gasteiger partial charge is 0.269 e. The fourth-order valence-electron chi connectivity index (χ4n) is 6.13. The van der Waals surface area contributed by atoms with Gasteiger partial charge in [-0.2, -0.15) is 0 Å². The minimum atomic E-state index is -0.419. The molecular formula is C34H34N2O6. The molecule has 0 heterocycles. The fraction of sp³-hybridized carbons (Fsp3) is 0.294. The molecule has 1 fully saturated rings. The Hall–Kier alpha value is -4.72. The van der Waals surface area contributed by atoms with E-state index in [2.05, 4.69) is 32.9 Å². The van der Waals surface area contributed by atoms with Crippen molar-refractivity contribution in [3.05, 3.63) is 128 Å². The zero-order valence-electron chi connectivity index (χ0n) is 24.0. The number of nitrogens with zero attached hydrogens (tertiary/aromatic N) is 2. The molecule has 8 nitrogen and oxygen atoms in total. The van der Waals surface area contributed by atoms with Gasteiger partial charge in [-0.05, 0) is 78.8 Å². The molecule has 5 rings (SSSR count). The molecule has 42 heavy (non-hydrogen) atoms. The van der Waals surface area contributed by atoms with Crippen LogP contribution in [0.15, 0.2) is 97.1 Å². The molecule has 8 heteroatoms. The molecule has 0 spiro atoms. The van der Waals surface area contributed by atoms with E-state index >= 15 is 0 Å². The number of hydrogen-bond donors (Lipinski definition) is 0. The van der Waals surface area contributed by atoms with Crippen molar-refractivity contribution in [1.29, 1.82) is 0 Å².